The molecule has 3 N–H and O–H groups in total. The molecule has 0 aliphatic rings. The van der Waals surface area contributed by atoms with E-state index < -0.39 is 17.9 Å². The fraction of sp³-hybridized carbons (Fsp3) is 0.500. The Balaban J connectivity index is -0.0000000450. The summed E-state index contributed by atoms with van der Waals surface area (Å²) in [6.07, 6.45) is 0. The topological polar surface area (TPSA) is 112 Å². The predicted octanol–water partition coefficient (Wildman–Crippen LogP) is -0.644. The summed E-state index contributed by atoms with van der Waals surface area (Å²) in [5, 5.41) is 22.2. The fourth-order valence-electron chi connectivity index (χ4n) is 0. The van der Waals surface area contributed by atoms with Crippen molar-refractivity contribution in [2.45, 2.75) is 20.8 Å². The first-order chi connectivity index (χ1) is 5.20. The van der Waals surface area contributed by atoms with E-state index in [0.29, 0.717) is 0 Å². The molecule has 0 aliphatic heterocycles. The van der Waals surface area contributed by atoms with Crippen LogP contribution in [0.25, 0.3) is 0 Å². The molecule has 0 aliphatic carbocycles. The van der Waals surface area contributed by atoms with Crippen LogP contribution in [-0.2, 0) is 14.4 Å². The van der Waals surface area contributed by atoms with Gasteiger partial charge in [0.05, 0.1) is 0 Å². The van der Waals surface area contributed by atoms with Crippen LogP contribution in [-0.4, -0.2) is 60.5 Å². The number of carbonyl (C=O) groups is 3. The van der Waals surface area contributed by atoms with Gasteiger partial charge in [0.15, 0.2) is 0 Å². The van der Waals surface area contributed by atoms with Crippen molar-refractivity contribution in [3.05, 3.63) is 0 Å². The molecule has 0 saturated carbocycles. The Morgan fingerprint density at radius 1 is 0.692 bits per heavy atom. The van der Waals surface area contributed by atoms with Crippen LogP contribution >= 0.6 is 0 Å². The van der Waals surface area contributed by atoms with E-state index in [9.17, 15) is 0 Å². The third-order valence-electron chi connectivity index (χ3n) is 0. The summed E-state index contributed by atoms with van der Waals surface area (Å²) in [7, 11) is 0. The Bertz CT molecular complexity index is 115. The van der Waals surface area contributed by atoms with E-state index in [1.165, 1.54) is 0 Å². The Morgan fingerprint density at radius 2 is 0.692 bits per heavy atom. The monoisotopic (exact) mass is 390 g/mol. The first-order valence-corrected chi connectivity index (χ1v) is 2.78. The van der Waals surface area contributed by atoms with Gasteiger partial charge in [0.25, 0.3) is 17.9 Å². The molecule has 0 spiro atoms. The molecule has 0 aromatic carbocycles. The first-order valence-electron chi connectivity index (χ1n) is 2.78. The molecule has 0 atom stereocenters. The van der Waals surface area contributed by atoms with E-state index in [2.05, 4.69) is 0 Å². The fourth-order valence-corrected chi connectivity index (χ4v) is 0. The summed E-state index contributed by atoms with van der Waals surface area (Å²) >= 11 is 0. The zero-order valence-corrected chi connectivity index (χ0v) is 13.3. The van der Waals surface area contributed by atoms with Crippen LogP contribution < -0.4 is 0 Å². The summed E-state index contributed by atoms with van der Waals surface area (Å²) in [6.45, 7) is 3.25. The van der Waals surface area contributed by atoms with Gasteiger partial charge in [-0.05, 0) is 0 Å². The molecule has 0 saturated heterocycles. The van der Waals surface area contributed by atoms with Crippen molar-refractivity contribution in [3.63, 3.8) is 0 Å². The van der Waals surface area contributed by atoms with E-state index in [4.69, 9.17) is 29.7 Å². The molecule has 0 bridgehead atoms. The number of hydrogen-bond donors (Lipinski definition) is 3. The van der Waals surface area contributed by atoms with Gasteiger partial charge in [0, 0.05) is 20.8 Å². The number of hydrogen-bond acceptors (Lipinski definition) is 3. The molecule has 7 heteroatoms. The standard InChI is InChI=1S/3C2H4O2.Pb.2H/c3*1-2(3)4;;;/h3*1H3,(H,3,4);;;. The summed E-state index contributed by atoms with van der Waals surface area (Å²) < 4.78 is 0. The van der Waals surface area contributed by atoms with Crippen molar-refractivity contribution in [1.29, 1.82) is 0 Å². The second-order valence-electron chi connectivity index (χ2n) is 1.56. The van der Waals surface area contributed by atoms with Crippen molar-refractivity contribution in [3.8, 4) is 0 Å². The van der Waals surface area contributed by atoms with E-state index in [0.717, 1.165) is 20.8 Å². The molecule has 13 heavy (non-hydrogen) atoms. The van der Waals surface area contributed by atoms with Gasteiger partial charge in [0.1, 0.15) is 0 Å². The number of rotatable bonds is 0. The van der Waals surface area contributed by atoms with Gasteiger partial charge in [-0.25, -0.2) is 0 Å². The zero-order chi connectivity index (χ0) is 10.7. The van der Waals surface area contributed by atoms with Crippen LogP contribution in [0.5, 0.6) is 0 Å². The van der Waals surface area contributed by atoms with Crippen LogP contribution in [0.3, 0.4) is 0 Å². The third-order valence-corrected chi connectivity index (χ3v) is 0. The Kier molecular flexibility index (Phi) is 30.6. The van der Waals surface area contributed by atoms with Crippen LogP contribution in [0, 0.1) is 0 Å². The molecular weight excluding hydrogens is 375 g/mol. The molecule has 0 aromatic rings. The van der Waals surface area contributed by atoms with Crippen molar-refractivity contribution >= 4 is 45.2 Å². The second kappa shape index (κ2) is 17.4. The average molecular weight is 389 g/mol. The molecule has 0 heterocycles. The molecule has 6 nitrogen and oxygen atoms in total. The minimum absolute atomic E-state index is 0. The van der Waals surface area contributed by atoms with Gasteiger partial charge < -0.3 is 15.3 Å². The van der Waals surface area contributed by atoms with Crippen molar-refractivity contribution < 1.29 is 29.7 Å². The van der Waals surface area contributed by atoms with Gasteiger partial charge in [-0.2, -0.15) is 0 Å². The maximum atomic E-state index is 9.00. The van der Waals surface area contributed by atoms with Crippen LogP contribution in [0.4, 0.5) is 0 Å². The molecule has 0 amide bonds. The van der Waals surface area contributed by atoms with Gasteiger partial charge in [0.2, 0.25) is 0 Å². The second-order valence-corrected chi connectivity index (χ2v) is 1.56. The zero-order valence-electron chi connectivity index (χ0n) is 7.77. The van der Waals surface area contributed by atoms with E-state index >= 15 is 0 Å². The molecular formula is C6H14O6Pb. The predicted molar refractivity (Wildman–Crippen MR) is 48.5 cm³/mol. The Morgan fingerprint density at radius 3 is 0.692 bits per heavy atom. The summed E-state index contributed by atoms with van der Waals surface area (Å²) in [5.74, 6) is -2.50. The molecule has 78 valence electrons. The van der Waals surface area contributed by atoms with Gasteiger partial charge in [-0.3, -0.25) is 14.4 Å². The molecule has 2 radical (unpaired) electrons. The summed E-state index contributed by atoms with van der Waals surface area (Å²) in [5.41, 5.74) is 0. The normalized spacial score (nSPS) is 5.77. The first kappa shape index (κ1) is 22.8. The third kappa shape index (κ3) is 2210. The quantitative estimate of drug-likeness (QED) is 0.475. The van der Waals surface area contributed by atoms with Crippen molar-refractivity contribution in [1.82, 2.24) is 0 Å². The minimum atomic E-state index is -0.833. The van der Waals surface area contributed by atoms with Crippen LogP contribution in [0.1, 0.15) is 20.8 Å². The SMILES string of the molecule is CC(=O)O.CC(=O)O.CC(=O)O.[PbH2]. The Labute approximate surface area is 95.7 Å². The molecule has 0 aromatic heterocycles. The van der Waals surface area contributed by atoms with Gasteiger partial charge in [-0.1, -0.05) is 0 Å². The molecule has 0 rings (SSSR count). The van der Waals surface area contributed by atoms with E-state index in [-0.39, 0.29) is 27.3 Å². The summed E-state index contributed by atoms with van der Waals surface area (Å²) in [6, 6.07) is 0. The van der Waals surface area contributed by atoms with Gasteiger partial charge in [-0.15, -0.1) is 0 Å². The molecule has 0 fully saturated rings. The Hall–Kier alpha value is -0.668. The van der Waals surface area contributed by atoms with Crippen molar-refractivity contribution in [2.24, 2.45) is 0 Å². The van der Waals surface area contributed by atoms with Crippen LogP contribution in [0.15, 0.2) is 0 Å². The van der Waals surface area contributed by atoms with E-state index in [1.54, 1.807) is 0 Å². The maximum absolute atomic E-state index is 9.00. The van der Waals surface area contributed by atoms with Gasteiger partial charge >= 0.3 is 27.3 Å². The van der Waals surface area contributed by atoms with Crippen molar-refractivity contribution in [2.75, 3.05) is 0 Å². The van der Waals surface area contributed by atoms with E-state index in [1.807, 2.05) is 0 Å². The summed E-state index contributed by atoms with van der Waals surface area (Å²) in [4.78, 5) is 27.0. The average Bonchev–Trinajstić information content (AvgIpc) is 1.54. The number of carboxylic acids is 3. The number of aliphatic carboxylic acids is 3. The number of carboxylic acid groups (broad SMARTS) is 3. The molecule has 0 unspecified atom stereocenters. The van der Waals surface area contributed by atoms with Crippen LogP contribution in [0.2, 0.25) is 0 Å².